The highest BCUT2D eigenvalue weighted by atomic mass is 35.5. The van der Waals surface area contributed by atoms with Crippen LogP contribution >= 0.6 is 23.2 Å². The number of hydrogen-bond acceptors (Lipinski definition) is 6. The molecule has 3 aliphatic rings. The van der Waals surface area contributed by atoms with E-state index in [-0.39, 0.29) is 22.6 Å². The first-order valence-corrected chi connectivity index (χ1v) is 10.6. The van der Waals surface area contributed by atoms with E-state index in [1.165, 1.54) is 0 Å². The summed E-state index contributed by atoms with van der Waals surface area (Å²) in [4.78, 5) is 62.0. The number of hydrogen-bond donors (Lipinski definition) is 2. The Morgan fingerprint density at radius 3 is 2.13 bits per heavy atom. The van der Waals surface area contributed by atoms with Gasteiger partial charge in [0.15, 0.2) is 6.61 Å². The van der Waals surface area contributed by atoms with Gasteiger partial charge in [-0.25, -0.2) is 0 Å². The van der Waals surface area contributed by atoms with Crippen molar-refractivity contribution in [3.8, 4) is 0 Å². The third-order valence-corrected chi connectivity index (χ3v) is 7.40. The minimum atomic E-state index is -0.914. The zero-order valence-electron chi connectivity index (χ0n) is 16.1. The van der Waals surface area contributed by atoms with Crippen molar-refractivity contribution < 1.29 is 28.7 Å². The first-order valence-electron chi connectivity index (χ1n) is 9.72. The molecule has 1 aliphatic heterocycles. The lowest BCUT2D eigenvalue weighted by Gasteiger charge is -2.28. The van der Waals surface area contributed by atoms with Crippen LogP contribution in [0, 0.1) is 23.7 Å². The molecule has 3 fully saturated rings. The van der Waals surface area contributed by atoms with Gasteiger partial charge >= 0.3 is 5.97 Å². The summed E-state index contributed by atoms with van der Waals surface area (Å²) in [7, 11) is 0. The molecule has 0 spiro atoms. The molecule has 2 bridgehead atoms. The topological polar surface area (TPSA) is 122 Å². The smallest absolute Gasteiger partial charge is 0.326 e. The highest BCUT2D eigenvalue weighted by molar-refractivity contribution is 6.31. The summed E-state index contributed by atoms with van der Waals surface area (Å²) in [6, 6.07) is 8.20. The van der Waals surface area contributed by atoms with Gasteiger partial charge in [0, 0.05) is 5.56 Å². The predicted molar refractivity (Wildman–Crippen MR) is 108 cm³/mol. The maximum Gasteiger partial charge on any atom is 0.326 e. The van der Waals surface area contributed by atoms with Crippen LogP contribution in [-0.2, 0) is 23.9 Å². The minimum absolute atomic E-state index is 0.185. The average molecular weight is 468 g/mol. The number of ether oxygens (including phenoxy) is 1. The summed E-state index contributed by atoms with van der Waals surface area (Å²) < 4.78 is 4.83. The number of benzene rings is 1. The standard InChI is InChI=1S/C20H19Cl2N3O6/c21-16-10-6-11(17(16)22)15-14(10)19(29)25(20(15)30)7-13(27)31-8-12(26)23-24-18(28)9-4-2-1-3-5-9/h1-5,10-11,14-17H,6-8H2,(H,23,26)(H,24,28)/t10-,11-,14-,15-,16-,17+/m1/s1. The monoisotopic (exact) mass is 467 g/mol. The van der Waals surface area contributed by atoms with Gasteiger partial charge in [-0.3, -0.25) is 39.7 Å². The number of hydrazine groups is 1. The molecule has 9 nitrogen and oxygen atoms in total. The average Bonchev–Trinajstić information content (AvgIpc) is 3.37. The number of carbonyl (C=O) groups is 5. The molecule has 2 saturated carbocycles. The maximum absolute atomic E-state index is 12.7. The zero-order chi connectivity index (χ0) is 22.3. The fourth-order valence-electron chi connectivity index (χ4n) is 4.71. The van der Waals surface area contributed by atoms with Crippen LogP contribution in [0.3, 0.4) is 0 Å². The van der Waals surface area contributed by atoms with Crippen molar-refractivity contribution in [1.82, 2.24) is 15.8 Å². The van der Waals surface area contributed by atoms with Crippen LogP contribution in [0.25, 0.3) is 0 Å². The summed E-state index contributed by atoms with van der Waals surface area (Å²) in [5, 5.41) is -0.766. The van der Waals surface area contributed by atoms with Crippen LogP contribution in [0.2, 0.25) is 0 Å². The highest BCUT2D eigenvalue weighted by Crippen LogP contribution is 2.59. The van der Waals surface area contributed by atoms with Crippen LogP contribution in [0.1, 0.15) is 16.8 Å². The van der Waals surface area contributed by atoms with Gasteiger partial charge < -0.3 is 4.74 Å². The number of esters is 1. The molecular weight excluding hydrogens is 449 g/mol. The predicted octanol–water partition coefficient (Wildman–Crippen LogP) is 0.457. The Balaban J connectivity index is 1.25. The quantitative estimate of drug-likeness (QED) is 0.280. The fourth-order valence-corrected chi connectivity index (χ4v) is 5.60. The largest absolute Gasteiger partial charge is 0.454 e. The number of halogens is 2. The number of fused-ring (bicyclic) bond motifs is 5. The number of rotatable bonds is 5. The van der Waals surface area contributed by atoms with E-state index in [0.29, 0.717) is 12.0 Å². The van der Waals surface area contributed by atoms with E-state index < -0.39 is 54.6 Å². The molecule has 0 aromatic heterocycles. The summed E-state index contributed by atoms with van der Waals surface area (Å²) in [6.07, 6.45) is 0.627. The number of likely N-dealkylation sites (tertiary alicyclic amines) is 1. The van der Waals surface area contributed by atoms with Gasteiger partial charge in [-0.1, -0.05) is 18.2 Å². The van der Waals surface area contributed by atoms with Gasteiger partial charge in [0.1, 0.15) is 6.54 Å². The number of amides is 4. The van der Waals surface area contributed by atoms with Crippen molar-refractivity contribution in [3.63, 3.8) is 0 Å². The van der Waals surface area contributed by atoms with E-state index in [2.05, 4.69) is 10.9 Å². The summed E-state index contributed by atoms with van der Waals surface area (Å²) in [5.74, 6) is -4.61. The number of alkyl halides is 2. The lowest BCUT2D eigenvalue weighted by molar-refractivity contribution is -0.155. The zero-order valence-corrected chi connectivity index (χ0v) is 17.6. The second kappa shape index (κ2) is 8.47. The molecular formula is C20H19Cl2N3O6. The Morgan fingerprint density at radius 2 is 1.55 bits per heavy atom. The molecule has 1 aromatic rings. The minimum Gasteiger partial charge on any atom is -0.454 e. The Labute approximate surface area is 187 Å². The Hall–Kier alpha value is -2.65. The third kappa shape index (κ3) is 3.87. The molecule has 1 heterocycles. The molecule has 6 atom stereocenters. The van der Waals surface area contributed by atoms with Crippen LogP contribution in [0.4, 0.5) is 0 Å². The van der Waals surface area contributed by atoms with E-state index in [0.717, 1.165) is 4.90 Å². The van der Waals surface area contributed by atoms with E-state index in [4.69, 9.17) is 27.9 Å². The summed E-state index contributed by atoms with van der Waals surface area (Å²) in [5.41, 5.74) is 4.64. The van der Waals surface area contributed by atoms with E-state index in [1.54, 1.807) is 30.3 Å². The first kappa shape index (κ1) is 21.6. The van der Waals surface area contributed by atoms with Gasteiger partial charge in [0.2, 0.25) is 11.8 Å². The Kier molecular flexibility index (Phi) is 5.90. The molecule has 11 heteroatoms. The lowest BCUT2D eigenvalue weighted by atomic mass is 9.80. The molecule has 4 rings (SSSR count). The number of carbonyl (C=O) groups excluding carboxylic acids is 5. The molecule has 1 saturated heterocycles. The molecule has 1 aromatic carbocycles. The normalized spacial score (nSPS) is 30.8. The fraction of sp³-hybridized carbons (Fsp3) is 0.450. The molecule has 0 unspecified atom stereocenters. The van der Waals surface area contributed by atoms with E-state index in [9.17, 15) is 24.0 Å². The molecule has 31 heavy (non-hydrogen) atoms. The SMILES string of the molecule is O=C(COC(=O)CN1C(=O)[C@@H]2[C@H]3C[C@@H]([C@@H](Cl)[C@H]3Cl)[C@H]2C1=O)NNC(=O)c1ccccc1. The van der Waals surface area contributed by atoms with E-state index in [1.807, 2.05) is 0 Å². The first-order chi connectivity index (χ1) is 14.8. The van der Waals surface area contributed by atoms with Gasteiger partial charge in [-0.15, -0.1) is 23.2 Å². The van der Waals surface area contributed by atoms with Gasteiger partial charge in [0.05, 0.1) is 22.6 Å². The van der Waals surface area contributed by atoms with Crippen molar-refractivity contribution >= 4 is 52.8 Å². The highest BCUT2D eigenvalue weighted by Gasteiger charge is 2.66. The van der Waals surface area contributed by atoms with Crippen molar-refractivity contribution in [2.45, 2.75) is 17.2 Å². The number of imide groups is 1. The maximum atomic E-state index is 12.7. The van der Waals surface area contributed by atoms with Crippen LogP contribution in [-0.4, -0.2) is 58.4 Å². The van der Waals surface area contributed by atoms with Crippen LogP contribution < -0.4 is 10.9 Å². The van der Waals surface area contributed by atoms with Gasteiger partial charge in [0.25, 0.3) is 11.8 Å². The van der Waals surface area contributed by atoms with Crippen LogP contribution in [0.15, 0.2) is 30.3 Å². The second-order valence-corrected chi connectivity index (χ2v) is 8.80. The van der Waals surface area contributed by atoms with Gasteiger partial charge in [-0.05, 0) is 30.4 Å². The summed E-state index contributed by atoms with van der Waals surface area (Å²) in [6.45, 7) is -1.27. The Morgan fingerprint density at radius 1 is 0.968 bits per heavy atom. The lowest BCUT2D eigenvalue weighted by Crippen LogP contribution is -2.44. The number of nitrogens with one attached hydrogen (secondary N) is 2. The van der Waals surface area contributed by atoms with E-state index >= 15 is 0 Å². The van der Waals surface area contributed by atoms with Crippen molar-refractivity contribution in [3.05, 3.63) is 35.9 Å². The molecule has 164 valence electrons. The Bertz CT molecular complexity index is 910. The van der Waals surface area contributed by atoms with Crippen molar-refractivity contribution in [2.24, 2.45) is 23.7 Å². The van der Waals surface area contributed by atoms with Crippen molar-refractivity contribution in [1.29, 1.82) is 0 Å². The van der Waals surface area contributed by atoms with Gasteiger partial charge in [-0.2, -0.15) is 0 Å². The third-order valence-electron chi connectivity index (χ3n) is 6.08. The molecule has 4 amide bonds. The van der Waals surface area contributed by atoms with Crippen LogP contribution in [0.5, 0.6) is 0 Å². The molecule has 0 radical (unpaired) electrons. The second-order valence-electron chi connectivity index (χ2n) is 7.80. The summed E-state index contributed by atoms with van der Waals surface area (Å²) >= 11 is 12.6. The number of nitrogens with zero attached hydrogens (tertiary/aromatic N) is 1. The molecule has 2 N–H and O–H groups in total. The van der Waals surface area contributed by atoms with Crippen molar-refractivity contribution in [2.75, 3.05) is 13.2 Å². The molecule has 2 aliphatic carbocycles.